The lowest BCUT2D eigenvalue weighted by Crippen LogP contribution is -2.41. The van der Waals surface area contributed by atoms with Gasteiger partial charge in [0.05, 0.1) is 6.04 Å². The lowest BCUT2D eigenvalue weighted by Gasteiger charge is -2.33. The van der Waals surface area contributed by atoms with Gasteiger partial charge in [0.25, 0.3) is 0 Å². The molecule has 3 heterocycles. The molecule has 23 heavy (non-hydrogen) atoms. The average molecular weight is 316 g/mol. The number of amides is 1. The van der Waals surface area contributed by atoms with Gasteiger partial charge in [0.15, 0.2) is 0 Å². The van der Waals surface area contributed by atoms with Gasteiger partial charge in [0, 0.05) is 25.0 Å². The van der Waals surface area contributed by atoms with Crippen LogP contribution in [-0.2, 0) is 11.3 Å². The van der Waals surface area contributed by atoms with Crippen LogP contribution in [0, 0.1) is 19.3 Å². The largest absolute Gasteiger partial charge is 0.351 e. The van der Waals surface area contributed by atoms with E-state index in [0.717, 1.165) is 37.3 Å². The molecule has 3 rings (SSSR count). The Balaban J connectivity index is 1.60. The van der Waals surface area contributed by atoms with Crippen LogP contribution in [-0.4, -0.2) is 48.5 Å². The number of piperidine rings is 1. The molecule has 1 unspecified atom stereocenters. The second kappa shape index (κ2) is 6.57. The molecule has 1 aromatic rings. The monoisotopic (exact) mass is 316 g/mol. The Morgan fingerprint density at radius 2 is 2.17 bits per heavy atom. The van der Waals surface area contributed by atoms with E-state index in [2.05, 4.69) is 40.6 Å². The van der Waals surface area contributed by atoms with Crippen molar-refractivity contribution in [3.05, 3.63) is 29.1 Å². The predicted octanol–water partition coefficient (Wildman–Crippen LogP) is 1.39. The Hall–Kier alpha value is -1.46. The van der Waals surface area contributed by atoms with Crippen LogP contribution in [0.1, 0.15) is 36.1 Å². The molecule has 5 nitrogen and oxygen atoms in total. The number of likely N-dealkylation sites (tertiary alicyclic amines) is 1. The summed E-state index contributed by atoms with van der Waals surface area (Å²) >= 11 is 0. The van der Waals surface area contributed by atoms with Crippen molar-refractivity contribution in [2.45, 2.75) is 45.7 Å². The SMILES string of the molecule is Cc1cc(C)c(CNC(=O)C2CC3(CCNCC3)CN2C)cn1. The Labute approximate surface area is 138 Å². The second-order valence-corrected chi connectivity index (χ2v) is 7.36. The lowest BCUT2D eigenvalue weighted by molar-refractivity contribution is -0.125. The fraction of sp³-hybridized carbons (Fsp3) is 0.667. The highest BCUT2D eigenvalue weighted by Crippen LogP contribution is 2.41. The number of hydrogen-bond donors (Lipinski definition) is 2. The number of carbonyl (C=O) groups excluding carboxylic acids is 1. The molecule has 0 aliphatic carbocycles. The molecule has 2 saturated heterocycles. The first-order valence-corrected chi connectivity index (χ1v) is 8.60. The fourth-order valence-corrected chi connectivity index (χ4v) is 4.09. The number of carbonyl (C=O) groups is 1. The van der Waals surface area contributed by atoms with E-state index in [9.17, 15) is 4.79 Å². The molecule has 1 spiro atoms. The summed E-state index contributed by atoms with van der Waals surface area (Å²) in [5, 5.41) is 6.54. The summed E-state index contributed by atoms with van der Waals surface area (Å²) < 4.78 is 0. The van der Waals surface area contributed by atoms with Crippen molar-refractivity contribution in [2.75, 3.05) is 26.7 Å². The van der Waals surface area contributed by atoms with Crippen molar-refractivity contribution in [1.29, 1.82) is 0 Å². The topological polar surface area (TPSA) is 57.3 Å². The first-order chi connectivity index (χ1) is 11.0. The summed E-state index contributed by atoms with van der Waals surface area (Å²) in [5.41, 5.74) is 3.64. The van der Waals surface area contributed by atoms with Gasteiger partial charge in [0.2, 0.25) is 5.91 Å². The summed E-state index contributed by atoms with van der Waals surface area (Å²) in [5.74, 6) is 0.155. The van der Waals surface area contributed by atoms with Crippen LogP contribution in [0.15, 0.2) is 12.3 Å². The van der Waals surface area contributed by atoms with Crippen molar-refractivity contribution in [1.82, 2.24) is 20.5 Å². The van der Waals surface area contributed by atoms with Crippen molar-refractivity contribution >= 4 is 5.91 Å². The average Bonchev–Trinajstić information content (AvgIpc) is 2.83. The molecule has 1 amide bonds. The summed E-state index contributed by atoms with van der Waals surface area (Å²) in [7, 11) is 2.08. The van der Waals surface area contributed by atoms with Gasteiger partial charge in [-0.3, -0.25) is 14.7 Å². The molecule has 0 bridgehead atoms. The molecule has 0 aromatic carbocycles. The molecule has 1 aromatic heterocycles. The molecule has 0 saturated carbocycles. The van der Waals surface area contributed by atoms with E-state index in [-0.39, 0.29) is 11.9 Å². The van der Waals surface area contributed by atoms with Crippen molar-refractivity contribution in [3.63, 3.8) is 0 Å². The first-order valence-electron chi connectivity index (χ1n) is 8.60. The van der Waals surface area contributed by atoms with Crippen molar-refractivity contribution in [3.8, 4) is 0 Å². The number of nitrogens with one attached hydrogen (secondary N) is 2. The van der Waals surface area contributed by atoms with Gasteiger partial charge in [0.1, 0.15) is 0 Å². The molecule has 126 valence electrons. The smallest absolute Gasteiger partial charge is 0.237 e. The number of rotatable bonds is 3. The van der Waals surface area contributed by atoms with E-state index < -0.39 is 0 Å². The molecule has 2 aliphatic heterocycles. The molecule has 2 aliphatic rings. The minimum absolute atomic E-state index is 0.00631. The third-order valence-corrected chi connectivity index (χ3v) is 5.52. The van der Waals surface area contributed by atoms with Crippen LogP contribution >= 0.6 is 0 Å². The highest BCUT2D eigenvalue weighted by molar-refractivity contribution is 5.82. The third-order valence-electron chi connectivity index (χ3n) is 5.52. The molecule has 2 fully saturated rings. The van der Waals surface area contributed by atoms with Crippen LogP contribution in [0.2, 0.25) is 0 Å². The van der Waals surface area contributed by atoms with E-state index in [1.165, 1.54) is 18.4 Å². The van der Waals surface area contributed by atoms with Crippen LogP contribution < -0.4 is 10.6 Å². The maximum absolute atomic E-state index is 12.6. The van der Waals surface area contributed by atoms with E-state index in [4.69, 9.17) is 0 Å². The second-order valence-electron chi connectivity index (χ2n) is 7.36. The minimum Gasteiger partial charge on any atom is -0.351 e. The predicted molar refractivity (Wildman–Crippen MR) is 91.1 cm³/mol. The number of aromatic nitrogens is 1. The van der Waals surface area contributed by atoms with E-state index in [1.54, 1.807) is 0 Å². The quantitative estimate of drug-likeness (QED) is 0.885. The van der Waals surface area contributed by atoms with Crippen LogP contribution in [0.5, 0.6) is 0 Å². The summed E-state index contributed by atoms with van der Waals surface area (Å²) in [6.07, 6.45) is 5.23. The van der Waals surface area contributed by atoms with Crippen LogP contribution in [0.3, 0.4) is 0 Å². The van der Waals surface area contributed by atoms with E-state index in [1.807, 2.05) is 13.1 Å². The number of pyridine rings is 1. The fourth-order valence-electron chi connectivity index (χ4n) is 4.09. The molecule has 0 radical (unpaired) electrons. The molecule has 2 N–H and O–H groups in total. The van der Waals surface area contributed by atoms with Gasteiger partial charge in [-0.05, 0) is 75.9 Å². The number of aryl methyl sites for hydroxylation is 2. The molecule has 5 heteroatoms. The molecular formula is C18H28N4O. The van der Waals surface area contributed by atoms with Gasteiger partial charge >= 0.3 is 0 Å². The van der Waals surface area contributed by atoms with Gasteiger partial charge < -0.3 is 10.6 Å². The Morgan fingerprint density at radius 3 is 2.87 bits per heavy atom. The highest BCUT2D eigenvalue weighted by atomic mass is 16.2. The zero-order valence-corrected chi connectivity index (χ0v) is 14.5. The van der Waals surface area contributed by atoms with Crippen LogP contribution in [0.25, 0.3) is 0 Å². The van der Waals surface area contributed by atoms with Crippen LogP contribution in [0.4, 0.5) is 0 Å². The Kier molecular flexibility index (Phi) is 4.69. The molecule has 1 atom stereocenters. The van der Waals surface area contributed by atoms with E-state index in [0.29, 0.717) is 12.0 Å². The van der Waals surface area contributed by atoms with E-state index >= 15 is 0 Å². The number of hydrogen-bond acceptors (Lipinski definition) is 4. The van der Waals surface area contributed by atoms with Gasteiger partial charge in [-0.2, -0.15) is 0 Å². The number of likely N-dealkylation sites (N-methyl/N-ethyl adjacent to an activating group) is 1. The number of nitrogens with zero attached hydrogens (tertiary/aromatic N) is 2. The molecular weight excluding hydrogens is 288 g/mol. The zero-order chi connectivity index (χ0) is 16.4. The van der Waals surface area contributed by atoms with Gasteiger partial charge in [-0.25, -0.2) is 0 Å². The van der Waals surface area contributed by atoms with Crippen molar-refractivity contribution < 1.29 is 4.79 Å². The van der Waals surface area contributed by atoms with Crippen molar-refractivity contribution in [2.24, 2.45) is 5.41 Å². The zero-order valence-electron chi connectivity index (χ0n) is 14.5. The standard InChI is InChI=1S/C18H28N4O/c1-13-8-14(2)20-10-15(13)11-21-17(23)16-9-18(12-22(16)3)4-6-19-7-5-18/h8,10,16,19H,4-7,9,11-12H2,1-3H3,(H,21,23). The summed E-state index contributed by atoms with van der Waals surface area (Å²) in [4.78, 5) is 19.2. The van der Waals surface area contributed by atoms with Gasteiger partial charge in [-0.15, -0.1) is 0 Å². The third kappa shape index (κ3) is 3.56. The maximum Gasteiger partial charge on any atom is 0.237 e. The summed E-state index contributed by atoms with van der Waals surface area (Å²) in [6.45, 7) is 7.82. The first kappa shape index (κ1) is 16.4. The van der Waals surface area contributed by atoms with Gasteiger partial charge in [-0.1, -0.05) is 0 Å². The lowest BCUT2D eigenvalue weighted by atomic mass is 9.77. The highest BCUT2D eigenvalue weighted by Gasteiger charge is 2.45. The Bertz CT molecular complexity index is 580. The maximum atomic E-state index is 12.6. The Morgan fingerprint density at radius 1 is 1.43 bits per heavy atom. The summed E-state index contributed by atoms with van der Waals surface area (Å²) in [6, 6.07) is 2.07. The normalized spacial score (nSPS) is 24.0. The minimum atomic E-state index is 0.00631.